The van der Waals surface area contributed by atoms with Crippen LogP contribution in [-0.4, -0.2) is 21.3 Å². The molecule has 0 atom stereocenters. The molecule has 3 nitrogen and oxygen atoms in total. The van der Waals surface area contributed by atoms with Gasteiger partial charge in [0.15, 0.2) is 11.5 Å². The molecule has 0 saturated heterocycles. The minimum atomic E-state index is 0.601. The van der Waals surface area contributed by atoms with Gasteiger partial charge in [0.2, 0.25) is 5.75 Å². The van der Waals surface area contributed by atoms with Crippen molar-refractivity contribution < 1.29 is 14.2 Å². The summed E-state index contributed by atoms with van der Waals surface area (Å²) in [7, 11) is 4.84. The lowest BCUT2D eigenvalue weighted by atomic mass is 10.1. The standard InChI is InChI=1S/C21H24O3/c1-5-6-7-16-8-10-17(11-9-16)12-13-18-14-19(22-2)21(24-4)20(15-18)23-3/h6-15H,5H2,1-4H3/b7-6+,13-12+. The normalized spacial score (nSPS) is 11.2. The maximum atomic E-state index is 5.38. The van der Waals surface area contributed by atoms with E-state index in [1.165, 1.54) is 5.56 Å². The van der Waals surface area contributed by atoms with Gasteiger partial charge in [-0.3, -0.25) is 0 Å². The molecule has 24 heavy (non-hydrogen) atoms. The van der Waals surface area contributed by atoms with Gasteiger partial charge < -0.3 is 14.2 Å². The average molecular weight is 324 g/mol. The summed E-state index contributed by atoms with van der Waals surface area (Å²) >= 11 is 0. The minimum absolute atomic E-state index is 0.601. The number of hydrogen-bond acceptors (Lipinski definition) is 3. The highest BCUT2D eigenvalue weighted by Gasteiger charge is 2.11. The van der Waals surface area contributed by atoms with E-state index in [0.29, 0.717) is 17.2 Å². The molecule has 0 aliphatic rings. The average Bonchev–Trinajstić information content (AvgIpc) is 2.64. The Balaban J connectivity index is 2.23. The third kappa shape index (κ3) is 4.42. The van der Waals surface area contributed by atoms with Crippen molar-refractivity contribution in [3.63, 3.8) is 0 Å². The van der Waals surface area contributed by atoms with Crippen molar-refractivity contribution in [2.75, 3.05) is 21.3 Å². The third-order valence-electron chi connectivity index (χ3n) is 3.64. The van der Waals surface area contributed by atoms with Crippen LogP contribution >= 0.6 is 0 Å². The number of allylic oxidation sites excluding steroid dienone is 1. The Morgan fingerprint density at radius 3 is 1.67 bits per heavy atom. The molecule has 126 valence electrons. The summed E-state index contributed by atoms with van der Waals surface area (Å²) in [6.45, 7) is 2.13. The van der Waals surface area contributed by atoms with Gasteiger partial charge in [-0.2, -0.15) is 0 Å². The van der Waals surface area contributed by atoms with Gasteiger partial charge in [0.25, 0.3) is 0 Å². The second-order valence-electron chi connectivity index (χ2n) is 5.27. The Kier molecular flexibility index (Phi) is 6.50. The lowest BCUT2D eigenvalue weighted by Crippen LogP contribution is -1.95. The molecule has 0 fully saturated rings. The van der Waals surface area contributed by atoms with Gasteiger partial charge in [-0.25, -0.2) is 0 Å². The number of rotatable bonds is 7. The number of methoxy groups -OCH3 is 3. The molecular weight excluding hydrogens is 300 g/mol. The number of hydrogen-bond donors (Lipinski definition) is 0. The highest BCUT2D eigenvalue weighted by atomic mass is 16.5. The van der Waals surface area contributed by atoms with E-state index < -0.39 is 0 Å². The molecule has 2 rings (SSSR count). The maximum Gasteiger partial charge on any atom is 0.203 e. The first-order valence-electron chi connectivity index (χ1n) is 7.96. The second-order valence-corrected chi connectivity index (χ2v) is 5.27. The van der Waals surface area contributed by atoms with Crippen LogP contribution in [0, 0.1) is 0 Å². The van der Waals surface area contributed by atoms with E-state index in [9.17, 15) is 0 Å². The molecule has 0 bridgehead atoms. The van der Waals surface area contributed by atoms with Gasteiger partial charge in [-0.15, -0.1) is 0 Å². The fraction of sp³-hybridized carbons (Fsp3) is 0.238. The highest BCUT2D eigenvalue weighted by molar-refractivity contribution is 5.73. The summed E-state index contributed by atoms with van der Waals surface area (Å²) in [5.74, 6) is 1.90. The topological polar surface area (TPSA) is 27.7 Å². The molecule has 0 spiro atoms. The summed E-state index contributed by atoms with van der Waals surface area (Å²) in [6, 6.07) is 12.3. The predicted molar refractivity (Wildman–Crippen MR) is 101 cm³/mol. The lowest BCUT2D eigenvalue weighted by Gasteiger charge is -2.12. The molecule has 0 aromatic heterocycles. The van der Waals surface area contributed by atoms with Gasteiger partial charge in [0.05, 0.1) is 21.3 Å². The Morgan fingerprint density at radius 2 is 1.21 bits per heavy atom. The summed E-state index contributed by atoms with van der Waals surface area (Å²) in [5, 5.41) is 0. The van der Waals surface area contributed by atoms with Gasteiger partial charge in [-0.1, -0.05) is 55.5 Å². The Labute approximate surface area is 144 Å². The fourth-order valence-electron chi connectivity index (χ4n) is 2.36. The number of ether oxygens (including phenoxy) is 3. The summed E-state index contributed by atoms with van der Waals surface area (Å²) in [4.78, 5) is 0. The van der Waals surface area contributed by atoms with E-state index in [-0.39, 0.29) is 0 Å². The molecule has 0 N–H and O–H groups in total. The Bertz CT molecular complexity index is 687. The van der Waals surface area contributed by atoms with Crippen LogP contribution in [0.4, 0.5) is 0 Å². The van der Waals surface area contributed by atoms with E-state index in [2.05, 4.69) is 49.4 Å². The van der Waals surface area contributed by atoms with Crippen LogP contribution in [0.3, 0.4) is 0 Å². The first kappa shape index (κ1) is 17.7. The summed E-state index contributed by atoms with van der Waals surface area (Å²) in [6.07, 6.45) is 9.42. The van der Waals surface area contributed by atoms with E-state index >= 15 is 0 Å². The van der Waals surface area contributed by atoms with Crippen LogP contribution in [0.1, 0.15) is 30.0 Å². The van der Waals surface area contributed by atoms with E-state index in [0.717, 1.165) is 17.5 Å². The monoisotopic (exact) mass is 324 g/mol. The summed E-state index contributed by atoms with van der Waals surface area (Å²) in [5.41, 5.74) is 3.33. The molecule has 0 aliphatic carbocycles. The van der Waals surface area contributed by atoms with E-state index in [1.54, 1.807) is 21.3 Å². The molecule has 0 unspecified atom stereocenters. The molecule has 0 saturated carbocycles. The van der Waals surface area contributed by atoms with Crippen molar-refractivity contribution in [1.82, 2.24) is 0 Å². The van der Waals surface area contributed by atoms with Crippen molar-refractivity contribution in [2.45, 2.75) is 13.3 Å². The zero-order valence-electron chi connectivity index (χ0n) is 14.7. The highest BCUT2D eigenvalue weighted by Crippen LogP contribution is 2.38. The van der Waals surface area contributed by atoms with Gasteiger partial charge >= 0.3 is 0 Å². The lowest BCUT2D eigenvalue weighted by molar-refractivity contribution is 0.324. The molecule has 0 heterocycles. The zero-order chi connectivity index (χ0) is 17.4. The first-order chi connectivity index (χ1) is 11.7. The Morgan fingerprint density at radius 1 is 0.708 bits per heavy atom. The van der Waals surface area contributed by atoms with Crippen molar-refractivity contribution in [3.8, 4) is 17.2 Å². The van der Waals surface area contributed by atoms with Gasteiger partial charge in [0.1, 0.15) is 0 Å². The molecule has 3 heteroatoms. The van der Waals surface area contributed by atoms with Crippen LogP contribution < -0.4 is 14.2 Å². The van der Waals surface area contributed by atoms with Gasteiger partial charge in [0, 0.05) is 0 Å². The largest absolute Gasteiger partial charge is 0.493 e. The second kappa shape index (κ2) is 8.82. The smallest absolute Gasteiger partial charge is 0.203 e. The molecule has 0 radical (unpaired) electrons. The third-order valence-corrected chi connectivity index (χ3v) is 3.64. The van der Waals surface area contributed by atoms with Crippen LogP contribution in [0.5, 0.6) is 17.2 Å². The first-order valence-corrected chi connectivity index (χ1v) is 7.96. The number of benzene rings is 2. The summed E-state index contributed by atoms with van der Waals surface area (Å²) < 4.78 is 16.1. The molecular formula is C21H24O3. The quantitative estimate of drug-likeness (QED) is 0.646. The van der Waals surface area contributed by atoms with Crippen LogP contribution in [0.2, 0.25) is 0 Å². The molecule has 0 aliphatic heterocycles. The van der Waals surface area contributed by atoms with Crippen molar-refractivity contribution in [3.05, 3.63) is 59.2 Å². The van der Waals surface area contributed by atoms with Crippen LogP contribution in [0.15, 0.2) is 42.5 Å². The minimum Gasteiger partial charge on any atom is -0.493 e. The molecule has 0 amide bonds. The van der Waals surface area contributed by atoms with E-state index in [4.69, 9.17) is 14.2 Å². The Hall–Kier alpha value is -2.68. The predicted octanol–water partition coefficient (Wildman–Crippen LogP) is 5.31. The molecule has 2 aromatic carbocycles. The maximum absolute atomic E-state index is 5.38. The van der Waals surface area contributed by atoms with Crippen molar-refractivity contribution in [2.24, 2.45) is 0 Å². The van der Waals surface area contributed by atoms with Crippen molar-refractivity contribution in [1.29, 1.82) is 0 Å². The van der Waals surface area contributed by atoms with Crippen LogP contribution in [0.25, 0.3) is 18.2 Å². The SMILES string of the molecule is CC/C=C/c1ccc(/C=C/c2cc(OC)c(OC)c(OC)c2)cc1. The van der Waals surface area contributed by atoms with Crippen LogP contribution in [-0.2, 0) is 0 Å². The fourth-order valence-corrected chi connectivity index (χ4v) is 2.36. The van der Waals surface area contributed by atoms with E-state index in [1.807, 2.05) is 18.2 Å². The molecule has 2 aromatic rings. The zero-order valence-corrected chi connectivity index (χ0v) is 14.7. The van der Waals surface area contributed by atoms with Crippen molar-refractivity contribution >= 4 is 18.2 Å². The van der Waals surface area contributed by atoms with Gasteiger partial charge in [-0.05, 0) is 35.2 Å².